The Labute approximate surface area is 206 Å². The largest absolute Gasteiger partial charge is 0.376 e. The van der Waals surface area contributed by atoms with Crippen molar-refractivity contribution in [3.05, 3.63) is 90.0 Å². The lowest BCUT2D eigenvalue weighted by Gasteiger charge is -2.18. The molecule has 0 aromatic heterocycles. The second-order valence-electron chi connectivity index (χ2n) is 8.07. The molecular weight excluding hydrogens is 440 g/mol. The van der Waals surface area contributed by atoms with Gasteiger partial charge in [0.1, 0.15) is 0 Å². The number of hydrogen-bond donors (Lipinski definition) is 3. The Morgan fingerprint density at radius 3 is 1.80 bits per heavy atom. The van der Waals surface area contributed by atoms with Crippen LogP contribution in [0.2, 0.25) is 0 Å². The highest BCUT2D eigenvalue weighted by molar-refractivity contribution is 5.96. The van der Waals surface area contributed by atoms with E-state index >= 15 is 0 Å². The number of amides is 3. The number of carbonyl (C=O) groups is 3. The Bertz CT molecular complexity index is 1110. The quantitative estimate of drug-likeness (QED) is 0.374. The van der Waals surface area contributed by atoms with E-state index in [1.807, 2.05) is 44.2 Å². The molecule has 0 aliphatic heterocycles. The van der Waals surface area contributed by atoms with Gasteiger partial charge in [0.25, 0.3) is 5.91 Å². The maximum absolute atomic E-state index is 12.4. The van der Waals surface area contributed by atoms with Crippen molar-refractivity contribution < 1.29 is 14.4 Å². The minimum Gasteiger partial charge on any atom is -0.376 e. The van der Waals surface area contributed by atoms with Gasteiger partial charge in [0.05, 0.1) is 6.54 Å². The number of nitrogens with zero attached hydrogens (tertiary/aromatic N) is 1. The van der Waals surface area contributed by atoms with Crippen LogP contribution < -0.4 is 16.0 Å². The molecule has 0 fully saturated rings. The van der Waals surface area contributed by atoms with E-state index in [4.69, 9.17) is 0 Å². The fourth-order valence-corrected chi connectivity index (χ4v) is 3.57. The third-order valence-electron chi connectivity index (χ3n) is 5.57. The predicted octanol–water partition coefficient (Wildman–Crippen LogP) is 4.79. The maximum Gasteiger partial charge on any atom is 0.253 e. The number of nitrogens with one attached hydrogen (secondary N) is 3. The van der Waals surface area contributed by atoms with Gasteiger partial charge in [0, 0.05) is 42.1 Å². The van der Waals surface area contributed by atoms with Gasteiger partial charge in [-0.2, -0.15) is 0 Å². The number of benzene rings is 3. The molecule has 7 nitrogen and oxygen atoms in total. The molecule has 3 amide bonds. The lowest BCUT2D eigenvalue weighted by molar-refractivity contribution is -0.116. The van der Waals surface area contributed by atoms with Crippen LogP contribution in [0.15, 0.2) is 78.9 Å². The first kappa shape index (κ1) is 25.5. The van der Waals surface area contributed by atoms with Crippen LogP contribution in [-0.4, -0.2) is 42.3 Å². The van der Waals surface area contributed by atoms with E-state index < -0.39 is 0 Å². The summed E-state index contributed by atoms with van der Waals surface area (Å²) in [5, 5.41) is 8.76. The Kier molecular flexibility index (Phi) is 9.42. The zero-order valence-corrected chi connectivity index (χ0v) is 20.2. The van der Waals surface area contributed by atoms with E-state index in [0.717, 1.165) is 11.3 Å². The van der Waals surface area contributed by atoms with Crippen LogP contribution >= 0.6 is 0 Å². The van der Waals surface area contributed by atoms with E-state index in [9.17, 15) is 14.4 Å². The minimum absolute atomic E-state index is 0.00451. The zero-order valence-electron chi connectivity index (χ0n) is 20.2. The molecule has 7 heteroatoms. The van der Waals surface area contributed by atoms with Gasteiger partial charge in [-0.3, -0.25) is 14.4 Å². The third-order valence-corrected chi connectivity index (χ3v) is 5.57. The average molecular weight is 473 g/mol. The van der Waals surface area contributed by atoms with Crippen molar-refractivity contribution in [3.63, 3.8) is 0 Å². The van der Waals surface area contributed by atoms with Crippen LogP contribution in [-0.2, 0) is 16.0 Å². The van der Waals surface area contributed by atoms with Gasteiger partial charge in [0.2, 0.25) is 11.8 Å². The van der Waals surface area contributed by atoms with Gasteiger partial charge < -0.3 is 20.9 Å². The van der Waals surface area contributed by atoms with E-state index in [2.05, 4.69) is 16.0 Å². The van der Waals surface area contributed by atoms with E-state index in [1.54, 1.807) is 53.4 Å². The second-order valence-corrected chi connectivity index (χ2v) is 8.07. The summed E-state index contributed by atoms with van der Waals surface area (Å²) in [4.78, 5) is 38.6. The summed E-state index contributed by atoms with van der Waals surface area (Å²) in [7, 11) is 0. The van der Waals surface area contributed by atoms with Crippen molar-refractivity contribution in [1.82, 2.24) is 4.90 Å². The van der Waals surface area contributed by atoms with Crippen LogP contribution in [0.25, 0.3) is 0 Å². The molecule has 0 radical (unpaired) electrons. The molecular formula is C28H32N4O3. The molecule has 182 valence electrons. The highest BCUT2D eigenvalue weighted by Gasteiger charge is 2.12. The standard InChI is InChI=1S/C28H32N4O3/c1-3-32(4-2)28(35)22-11-13-23(14-12-22)29-20-27(34)31-25-17-15-24(16-18-25)30-26(33)19-10-21-8-6-5-7-9-21/h5-9,11-18,29H,3-4,10,19-20H2,1-2H3,(H,30,33)(H,31,34). The monoisotopic (exact) mass is 472 g/mol. The molecule has 3 rings (SSSR count). The van der Waals surface area contributed by atoms with Crippen molar-refractivity contribution in [2.24, 2.45) is 0 Å². The van der Waals surface area contributed by atoms with Crippen LogP contribution in [0.3, 0.4) is 0 Å². The Hall–Kier alpha value is -4.13. The van der Waals surface area contributed by atoms with Crippen molar-refractivity contribution in [1.29, 1.82) is 0 Å². The molecule has 0 saturated heterocycles. The zero-order chi connectivity index (χ0) is 25.0. The van der Waals surface area contributed by atoms with Gasteiger partial charge in [-0.1, -0.05) is 30.3 Å². The molecule has 0 saturated carbocycles. The first-order chi connectivity index (χ1) is 17.0. The van der Waals surface area contributed by atoms with Crippen LogP contribution in [0.4, 0.5) is 17.1 Å². The summed E-state index contributed by atoms with van der Waals surface area (Å²) in [5.41, 5.74) is 3.82. The van der Waals surface area contributed by atoms with Crippen LogP contribution in [0.1, 0.15) is 36.2 Å². The highest BCUT2D eigenvalue weighted by Crippen LogP contribution is 2.15. The summed E-state index contributed by atoms with van der Waals surface area (Å²) in [6.45, 7) is 5.31. The summed E-state index contributed by atoms with van der Waals surface area (Å²) in [5.74, 6) is -0.261. The van der Waals surface area contributed by atoms with Gasteiger partial charge in [-0.05, 0) is 74.4 Å². The molecule has 3 N–H and O–H groups in total. The third kappa shape index (κ3) is 7.99. The fraction of sp³-hybridized carbons (Fsp3) is 0.250. The molecule has 3 aromatic rings. The normalized spacial score (nSPS) is 10.3. The SMILES string of the molecule is CCN(CC)C(=O)c1ccc(NCC(=O)Nc2ccc(NC(=O)CCc3ccccc3)cc2)cc1. The molecule has 0 aliphatic rings. The highest BCUT2D eigenvalue weighted by atomic mass is 16.2. The summed E-state index contributed by atoms with van der Waals surface area (Å²) < 4.78 is 0. The van der Waals surface area contributed by atoms with E-state index in [-0.39, 0.29) is 24.3 Å². The van der Waals surface area contributed by atoms with Crippen molar-refractivity contribution in [3.8, 4) is 0 Å². The van der Waals surface area contributed by atoms with E-state index in [1.165, 1.54) is 0 Å². The van der Waals surface area contributed by atoms with Gasteiger partial charge >= 0.3 is 0 Å². The van der Waals surface area contributed by atoms with Gasteiger partial charge in [-0.25, -0.2) is 0 Å². The summed E-state index contributed by atoms with van der Waals surface area (Å²) >= 11 is 0. The molecule has 3 aromatic carbocycles. The average Bonchev–Trinajstić information content (AvgIpc) is 2.89. The molecule has 35 heavy (non-hydrogen) atoms. The maximum atomic E-state index is 12.4. The molecule has 0 aliphatic carbocycles. The minimum atomic E-state index is -0.201. The Morgan fingerprint density at radius 1 is 0.686 bits per heavy atom. The number of anilines is 3. The number of carbonyl (C=O) groups excluding carboxylic acids is 3. The van der Waals surface area contributed by atoms with E-state index in [0.29, 0.717) is 42.9 Å². The lowest BCUT2D eigenvalue weighted by atomic mass is 10.1. The molecule has 0 spiro atoms. The number of hydrogen-bond acceptors (Lipinski definition) is 4. The van der Waals surface area contributed by atoms with Crippen molar-refractivity contribution in [2.45, 2.75) is 26.7 Å². The fourth-order valence-electron chi connectivity index (χ4n) is 3.57. The molecule has 0 heterocycles. The van der Waals surface area contributed by atoms with Gasteiger partial charge in [-0.15, -0.1) is 0 Å². The van der Waals surface area contributed by atoms with Gasteiger partial charge in [0.15, 0.2) is 0 Å². The Morgan fingerprint density at radius 2 is 1.23 bits per heavy atom. The smallest absolute Gasteiger partial charge is 0.253 e. The number of rotatable bonds is 11. The molecule has 0 bridgehead atoms. The first-order valence-corrected chi connectivity index (χ1v) is 11.9. The van der Waals surface area contributed by atoms with Crippen molar-refractivity contribution in [2.75, 3.05) is 35.6 Å². The van der Waals surface area contributed by atoms with Crippen molar-refractivity contribution >= 4 is 34.8 Å². The summed E-state index contributed by atoms with van der Waals surface area (Å²) in [6, 6.07) is 24.0. The Balaban J connectivity index is 1.42. The number of aryl methyl sites for hydroxylation is 1. The van der Waals surface area contributed by atoms with Crippen LogP contribution in [0.5, 0.6) is 0 Å². The summed E-state index contributed by atoms with van der Waals surface area (Å²) in [6.07, 6.45) is 1.08. The van der Waals surface area contributed by atoms with Crippen LogP contribution in [0, 0.1) is 0 Å². The molecule has 0 unspecified atom stereocenters. The lowest BCUT2D eigenvalue weighted by Crippen LogP contribution is -2.30. The first-order valence-electron chi connectivity index (χ1n) is 11.9. The predicted molar refractivity (Wildman–Crippen MR) is 141 cm³/mol. The second kappa shape index (κ2) is 12.9. The molecule has 0 atom stereocenters. The topological polar surface area (TPSA) is 90.5 Å².